The molecule has 3 nitrogen and oxygen atoms in total. The summed E-state index contributed by atoms with van der Waals surface area (Å²) in [6, 6.07) is 0. The van der Waals surface area contributed by atoms with Crippen LogP contribution in [0.3, 0.4) is 0 Å². The maximum absolute atomic E-state index is 8.56. The fourth-order valence-electron chi connectivity index (χ4n) is 1.14. The van der Waals surface area contributed by atoms with Gasteiger partial charge >= 0.3 is 0 Å². The SMILES string of the molecule is CCOC1=CCCC/C1=N/O. The first-order valence-corrected chi connectivity index (χ1v) is 3.92. The van der Waals surface area contributed by atoms with Crippen LogP contribution in [-0.2, 0) is 4.74 Å². The van der Waals surface area contributed by atoms with Crippen molar-refractivity contribution in [2.24, 2.45) is 5.16 Å². The van der Waals surface area contributed by atoms with Crippen LogP contribution in [0.2, 0.25) is 0 Å². The Morgan fingerprint density at radius 2 is 2.55 bits per heavy atom. The molecule has 1 N–H and O–H groups in total. The molecule has 0 fully saturated rings. The van der Waals surface area contributed by atoms with E-state index in [0.29, 0.717) is 12.3 Å². The number of oxime groups is 1. The molecule has 0 bridgehead atoms. The van der Waals surface area contributed by atoms with Gasteiger partial charge in [0, 0.05) is 0 Å². The van der Waals surface area contributed by atoms with Crippen LogP contribution in [0.4, 0.5) is 0 Å². The van der Waals surface area contributed by atoms with Gasteiger partial charge < -0.3 is 9.94 Å². The number of rotatable bonds is 2. The molecule has 0 aliphatic heterocycles. The summed E-state index contributed by atoms with van der Waals surface area (Å²) >= 11 is 0. The van der Waals surface area contributed by atoms with Crippen LogP contribution in [0.5, 0.6) is 0 Å². The number of ether oxygens (including phenoxy) is 1. The number of hydrogen-bond acceptors (Lipinski definition) is 3. The standard InChI is InChI=1S/C8H13NO2/c1-2-11-8-6-4-3-5-7(8)9-10/h6,10H,2-5H2,1H3/b9-7-. The van der Waals surface area contributed by atoms with Gasteiger partial charge in [-0.1, -0.05) is 5.16 Å². The Morgan fingerprint density at radius 1 is 1.73 bits per heavy atom. The molecule has 1 aliphatic carbocycles. The van der Waals surface area contributed by atoms with Gasteiger partial charge in [0.05, 0.1) is 6.61 Å². The molecule has 0 radical (unpaired) electrons. The van der Waals surface area contributed by atoms with Crippen molar-refractivity contribution >= 4 is 5.71 Å². The number of allylic oxidation sites excluding steroid dienone is 2. The lowest BCUT2D eigenvalue weighted by molar-refractivity contribution is 0.239. The van der Waals surface area contributed by atoms with Gasteiger partial charge in [-0.3, -0.25) is 0 Å². The Hall–Kier alpha value is -0.990. The van der Waals surface area contributed by atoms with Crippen molar-refractivity contribution in [2.75, 3.05) is 6.61 Å². The third-order valence-electron chi connectivity index (χ3n) is 1.65. The van der Waals surface area contributed by atoms with Gasteiger partial charge in [-0.2, -0.15) is 0 Å². The zero-order valence-corrected chi connectivity index (χ0v) is 6.71. The fraction of sp³-hybridized carbons (Fsp3) is 0.625. The molecule has 0 aromatic carbocycles. The van der Waals surface area contributed by atoms with E-state index < -0.39 is 0 Å². The summed E-state index contributed by atoms with van der Waals surface area (Å²) in [5.41, 5.74) is 0.679. The third kappa shape index (κ3) is 1.97. The van der Waals surface area contributed by atoms with E-state index in [-0.39, 0.29) is 0 Å². The van der Waals surface area contributed by atoms with Crippen LogP contribution < -0.4 is 0 Å². The third-order valence-corrected chi connectivity index (χ3v) is 1.65. The van der Waals surface area contributed by atoms with Crippen LogP contribution in [0, 0.1) is 0 Å². The van der Waals surface area contributed by atoms with E-state index in [1.165, 1.54) is 0 Å². The second-order valence-corrected chi connectivity index (χ2v) is 2.44. The highest BCUT2D eigenvalue weighted by Gasteiger charge is 2.12. The summed E-state index contributed by atoms with van der Waals surface area (Å²) in [6.45, 7) is 2.55. The number of hydrogen-bond donors (Lipinski definition) is 1. The van der Waals surface area contributed by atoms with Gasteiger partial charge in [-0.15, -0.1) is 0 Å². The predicted molar refractivity (Wildman–Crippen MR) is 42.8 cm³/mol. The molecule has 1 aliphatic rings. The molecule has 1 rings (SSSR count). The van der Waals surface area contributed by atoms with E-state index in [4.69, 9.17) is 9.94 Å². The normalized spacial score (nSPS) is 21.5. The van der Waals surface area contributed by atoms with Crippen molar-refractivity contribution in [3.63, 3.8) is 0 Å². The van der Waals surface area contributed by atoms with E-state index in [1.807, 2.05) is 13.0 Å². The largest absolute Gasteiger partial charge is 0.492 e. The monoisotopic (exact) mass is 155 g/mol. The molecular formula is C8H13NO2. The van der Waals surface area contributed by atoms with Gasteiger partial charge in [0.2, 0.25) is 0 Å². The minimum atomic E-state index is 0.630. The Kier molecular flexibility index (Phi) is 2.95. The van der Waals surface area contributed by atoms with Crippen LogP contribution in [0.25, 0.3) is 0 Å². The molecule has 0 aromatic heterocycles. The Morgan fingerprint density at radius 3 is 3.18 bits per heavy atom. The van der Waals surface area contributed by atoms with E-state index in [9.17, 15) is 0 Å². The molecule has 0 saturated carbocycles. The molecule has 0 saturated heterocycles. The highest BCUT2D eigenvalue weighted by molar-refractivity contribution is 5.98. The summed E-state index contributed by atoms with van der Waals surface area (Å²) < 4.78 is 5.26. The Balaban J connectivity index is 2.64. The van der Waals surface area contributed by atoms with Crippen LogP contribution in [-0.4, -0.2) is 17.5 Å². The highest BCUT2D eigenvalue weighted by atomic mass is 16.5. The second kappa shape index (κ2) is 4.01. The lowest BCUT2D eigenvalue weighted by atomic mass is 10.0. The Bertz CT molecular complexity index is 185. The fourth-order valence-corrected chi connectivity index (χ4v) is 1.14. The molecule has 0 heterocycles. The van der Waals surface area contributed by atoms with Crippen molar-refractivity contribution in [3.8, 4) is 0 Å². The van der Waals surface area contributed by atoms with Gasteiger partial charge in [0.1, 0.15) is 11.5 Å². The van der Waals surface area contributed by atoms with Crippen LogP contribution >= 0.6 is 0 Å². The van der Waals surface area contributed by atoms with Crippen molar-refractivity contribution in [1.29, 1.82) is 0 Å². The molecule has 0 aromatic rings. The summed E-state index contributed by atoms with van der Waals surface area (Å²) in [4.78, 5) is 0. The van der Waals surface area contributed by atoms with E-state index >= 15 is 0 Å². The maximum Gasteiger partial charge on any atom is 0.140 e. The lowest BCUT2D eigenvalue weighted by Crippen LogP contribution is -2.10. The van der Waals surface area contributed by atoms with Crippen LogP contribution in [0.15, 0.2) is 17.0 Å². The average molecular weight is 155 g/mol. The summed E-state index contributed by atoms with van der Waals surface area (Å²) in [7, 11) is 0. The highest BCUT2D eigenvalue weighted by Crippen LogP contribution is 2.15. The maximum atomic E-state index is 8.56. The molecule has 0 amide bonds. The topological polar surface area (TPSA) is 41.8 Å². The number of nitrogens with zero attached hydrogens (tertiary/aromatic N) is 1. The molecule has 0 unspecified atom stereocenters. The van der Waals surface area contributed by atoms with Crippen LogP contribution in [0.1, 0.15) is 26.2 Å². The van der Waals surface area contributed by atoms with E-state index in [2.05, 4.69) is 5.16 Å². The van der Waals surface area contributed by atoms with Crippen molar-refractivity contribution < 1.29 is 9.94 Å². The summed E-state index contributed by atoms with van der Waals surface area (Å²) in [5, 5.41) is 11.7. The minimum Gasteiger partial charge on any atom is -0.492 e. The average Bonchev–Trinajstić information content (AvgIpc) is 2.06. The van der Waals surface area contributed by atoms with Gasteiger partial charge in [-0.05, 0) is 32.3 Å². The first-order chi connectivity index (χ1) is 5.38. The molecule has 0 spiro atoms. The van der Waals surface area contributed by atoms with Gasteiger partial charge in [0.15, 0.2) is 0 Å². The molecule has 0 atom stereocenters. The second-order valence-electron chi connectivity index (χ2n) is 2.44. The molecular weight excluding hydrogens is 142 g/mol. The minimum absolute atomic E-state index is 0.630. The van der Waals surface area contributed by atoms with Gasteiger partial charge in [-0.25, -0.2) is 0 Å². The first kappa shape index (κ1) is 8.11. The van der Waals surface area contributed by atoms with E-state index in [0.717, 1.165) is 25.0 Å². The molecule has 3 heteroatoms. The quantitative estimate of drug-likeness (QED) is 0.489. The predicted octanol–water partition coefficient (Wildman–Crippen LogP) is 1.92. The zero-order valence-electron chi connectivity index (χ0n) is 6.71. The van der Waals surface area contributed by atoms with Gasteiger partial charge in [0.25, 0.3) is 0 Å². The van der Waals surface area contributed by atoms with Crippen molar-refractivity contribution in [1.82, 2.24) is 0 Å². The lowest BCUT2D eigenvalue weighted by Gasteiger charge is -2.13. The van der Waals surface area contributed by atoms with Crippen molar-refractivity contribution in [2.45, 2.75) is 26.2 Å². The van der Waals surface area contributed by atoms with Crippen molar-refractivity contribution in [3.05, 3.63) is 11.8 Å². The summed E-state index contributed by atoms with van der Waals surface area (Å²) in [6.07, 6.45) is 4.87. The molecule has 11 heavy (non-hydrogen) atoms. The first-order valence-electron chi connectivity index (χ1n) is 3.92. The molecule has 62 valence electrons. The van der Waals surface area contributed by atoms with E-state index in [1.54, 1.807) is 0 Å². The smallest absolute Gasteiger partial charge is 0.140 e. The zero-order chi connectivity index (χ0) is 8.10. The summed E-state index contributed by atoms with van der Waals surface area (Å²) in [5.74, 6) is 0.751. The Labute approximate surface area is 66.4 Å².